The Kier molecular flexibility index (Phi) is 7.13. The van der Waals surface area contributed by atoms with Crippen LogP contribution in [0.3, 0.4) is 0 Å². The first-order valence-corrected chi connectivity index (χ1v) is 9.41. The molecule has 6 heteroatoms. The second-order valence-corrected chi connectivity index (χ2v) is 6.64. The van der Waals surface area contributed by atoms with Gasteiger partial charge in [0.1, 0.15) is 4.88 Å². The molecule has 1 aromatic heterocycles. The summed E-state index contributed by atoms with van der Waals surface area (Å²) in [5.41, 5.74) is 1.21. The quantitative estimate of drug-likeness (QED) is 0.515. The van der Waals surface area contributed by atoms with Crippen LogP contribution in [0.5, 0.6) is 0 Å². The zero-order chi connectivity index (χ0) is 18.2. The van der Waals surface area contributed by atoms with Gasteiger partial charge < -0.3 is 4.74 Å². The minimum atomic E-state index is -0.385. The van der Waals surface area contributed by atoms with Crippen molar-refractivity contribution in [3.8, 4) is 0 Å². The number of carbonyl (C=O) groups is 2. The van der Waals surface area contributed by atoms with E-state index in [-0.39, 0.29) is 11.9 Å². The SMILES string of the molecule is CCCCCN(C(=O)c1ccccc1)c1nc(C)c(C(=O)OCC)s1. The second-order valence-electron chi connectivity index (χ2n) is 5.66. The summed E-state index contributed by atoms with van der Waals surface area (Å²) >= 11 is 1.22. The van der Waals surface area contributed by atoms with Crippen LogP contribution >= 0.6 is 11.3 Å². The van der Waals surface area contributed by atoms with Gasteiger partial charge in [0, 0.05) is 12.1 Å². The number of thiazole rings is 1. The number of hydrogen-bond acceptors (Lipinski definition) is 5. The first-order chi connectivity index (χ1) is 12.1. The van der Waals surface area contributed by atoms with Gasteiger partial charge in [-0.1, -0.05) is 49.3 Å². The first kappa shape index (κ1) is 19.1. The summed E-state index contributed by atoms with van der Waals surface area (Å²) in [6.07, 6.45) is 2.99. The van der Waals surface area contributed by atoms with E-state index in [1.807, 2.05) is 18.2 Å². The summed E-state index contributed by atoms with van der Waals surface area (Å²) in [6, 6.07) is 9.15. The minimum Gasteiger partial charge on any atom is -0.462 e. The number of anilines is 1. The molecular formula is C19H24N2O3S. The maximum absolute atomic E-state index is 12.9. The van der Waals surface area contributed by atoms with Crippen LogP contribution in [0, 0.1) is 6.92 Å². The summed E-state index contributed by atoms with van der Waals surface area (Å²) in [7, 11) is 0. The highest BCUT2D eigenvalue weighted by Gasteiger charge is 2.24. The number of unbranched alkanes of at least 4 members (excludes halogenated alkanes) is 2. The van der Waals surface area contributed by atoms with Gasteiger partial charge >= 0.3 is 5.97 Å². The van der Waals surface area contributed by atoms with Crippen LogP contribution < -0.4 is 4.90 Å². The normalized spacial score (nSPS) is 10.5. The van der Waals surface area contributed by atoms with Gasteiger partial charge in [-0.05, 0) is 32.4 Å². The fourth-order valence-corrected chi connectivity index (χ4v) is 3.41. The molecule has 0 atom stereocenters. The van der Waals surface area contributed by atoms with E-state index in [0.717, 1.165) is 19.3 Å². The second kappa shape index (κ2) is 9.32. The Morgan fingerprint density at radius 1 is 1.16 bits per heavy atom. The number of rotatable bonds is 8. The van der Waals surface area contributed by atoms with Gasteiger partial charge in [0.25, 0.3) is 5.91 Å². The molecule has 0 radical (unpaired) electrons. The third-order valence-corrected chi connectivity index (χ3v) is 4.89. The summed E-state index contributed by atoms with van der Waals surface area (Å²) in [6.45, 7) is 6.55. The van der Waals surface area contributed by atoms with Crippen molar-refractivity contribution in [3.63, 3.8) is 0 Å². The van der Waals surface area contributed by atoms with E-state index in [1.54, 1.807) is 30.9 Å². The Morgan fingerprint density at radius 2 is 1.88 bits per heavy atom. The van der Waals surface area contributed by atoms with Crippen molar-refractivity contribution in [2.24, 2.45) is 0 Å². The molecule has 0 spiro atoms. The third-order valence-electron chi connectivity index (χ3n) is 3.73. The number of hydrogen-bond donors (Lipinski definition) is 0. The molecule has 2 aromatic rings. The Bertz CT molecular complexity index is 713. The van der Waals surface area contributed by atoms with Gasteiger partial charge in [-0.3, -0.25) is 9.69 Å². The smallest absolute Gasteiger partial charge is 0.350 e. The molecule has 0 saturated heterocycles. The lowest BCUT2D eigenvalue weighted by Crippen LogP contribution is -2.31. The van der Waals surface area contributed by atoms with Crippen LogP contribution in [0.1, 0.15) is 58.8 Å². The topological polar surface area (TPSA) is 59.5 Å². The van der Waals surface area contributed by atoms with E-state index in [2.05, 4.69) is 11.9 Å². The standard InChI is InChI=1S/C19H24N2O3S/c1-4-6-10-13-21(17(22)15-11-8-7-9-12-15)19-20-14(3)16(25-19)18(23)24-5-2/h7-9,11-12H,4-6,10,13H2,1-3H3. The molecule has 0 aliphatic rings. The van der Waals surface area contributed by atoms with Crippen molar-refractivity contribution >= 4 is 28.3 Å². The number of ether oxygens (including phenoxy) is 1. The molecule has 0 bridgehead atoms. The first-order valence-electron chi connectivity index (χ1n) is 8.59. The van der Waals surface area contributed by atoms with E-state index >= 15 is 0 Å². The lowest BCUT2D eigenvalue weighted by atomic mass is 10.2. The van der Waals surface area contributed by atoms with Gasteiger partial charge in [0.2, 0.25) is 0 Å². The van der Waals surface area contributed by atoms with Crippen molar-refractivity contribution in [2.75, 3.05) is 18.1 Å². The van der Waals surface area contributed by atoms with Crippen molar-refractivity contribution in [2.45, 2.75) is 40.0 Å². The minimum absolute atomic E-state index is 0.0964. The average molecular weight is 360 g/mol. The lowest BCUT2D eigenvalue weighted by molar-refractivity contribution is 0.0531. The molecule has 0 unspecified atom stereocenters. The number of nitrogens with zero attached hydrogens (tertiary/aromatic N) is 2. The van der Waals surface area contributed by atoms with E-state index in [4.69, 9.17) is 4.74 Å². The number of benzene rings is 1. The predicted molar refractivity (Wildman–Crippen MR) is 100 cm³/mol. The summed E-state index contributed by atoms with van der Waals surface area (Å²) in [4.78, 5) is 31.6. The zero-order valence-corrected chi connectivity index (χ0v) is 15.8. The molecule has 5 nitrogen and oxygen atoms in total. The number of esters is 1. The van der Waals surface area contributed by atoms with E-state index < -0.39 is 0 Å². The van der Waals surface area contributed by atoms with E-state index in [1.165, 1.54) is 11.3 Å². The summed E-state index contributed by atoms with van der Waals surface area (Å²) in [5, 5.41) is 0.547. The molecule has 134 valence electrons. The molecule has 0 saturated carbocycles. The van der Waals surface area contributed by atoms with E-state index in [0.29, 0.717) is 34.4 Å². The highest BCUT2D eigenvalue weighted by Crippen LogP contribution is 2.28. The van der Waals surface area contributed by atoms with Gasteiger partial charge in [-0.15, -0.1) is 0 Å². The van der Waals surface area contributed by atoms with Gasteiger partial charge in [0.15, 0.2) is 5.13 Å². The largest absolute Gasteiger partial charge is 0.462 e. The Morgan fingerprint density at radius 3 is 2.52 bits per heavy atom. The highest BCUT2D eigenvalue weighted by molar-refractivity contribution is 7.17. The Labute approximate surface area is 152 Å². The molecule has 0 aliphatic heterocycles. The molecule has 2 rings (SSSR count). The number of carbonyl (C=O) groups excluding carboxylic acids is 2. The molecule has 1 amide bonds. The van der Waals surface area contributed by atoms with Gasteiger partial charge in [0.05, 0.1) is 12.3 Å². The fraction of sp³-hybridized carbons (Fsp3) is 0.421. The number of amides is 1. The van der Waals surface area contributed by atoms with Gasteiger partial charge in [-0.2, -0.15) is 0 Å². The van der Waals surface area contributed by atoms with Crippen LogP contribution in [-0.4, -0.2) is 30.0 Å². The summed E-state index contributed by atoms with van der Waals surface area (Å²) < 4.78 is 5.07. The zero-order valence-electron chi connectivity index (χ0n) is 14.9. The Balaban J connectivity index is 2.30. The molecular weight excluding hydrogens is 336 g/mol. The van der Waals surface area contributed by atoms with Crippen molar-refractivity contribution in [3.05, 3.63) is 46.5 Å². The fourth-order valence-electron chi connectivity index (χ4n) is 2.42. The Hall–Kier alpha value is -2.21. The van der Waals surface area contributed by atoms with Gasteiger partial charge in [-0.25, -0.2) is 9.78 Å². The average Bonchev–Trinajstić information content (AvgIpc) is 3.01. The molecule has 0 fully saturated rings. The molecule has 25 heavy (non-hydrogen) atoms. The number of aryl methyl sites for hydroxylation is 1. The molecule has 0 N–H and O–H groups in total. The maximum Gasteiger partial charge on any atom is 0.350 e. The van der Waals surface area contributed by atoms with Crippen LogP contribution in [0.15, 0.2) is 30.3 Å². The van der Waals surface area contributed by atoms with Crippen LogP contribution in [0.4, 0.5) is 5.13 Å². The monoisotopic (exact) mass is 360 g/mol. The molecule has 0 aliphatic carbocycles. The predicted octanol–water partition coefficient (Wildman–Crippen LogP) is 4.47. The molecule has 1 aromatic carbocycles. The maximum atomic E-state index is 12.9. The van der Waals surface area contributed by atoms with E-state index in [9.17, 15) is 9.59 Å². The third kappa shape index (κ3) is 4.89. The number of aromatic nitrogens is 1. The summed E-state index contributed by atoms with van der Waals surface area (Å²) in [5.74, 6) is -0.481. The lowest BCUT2D eigenvalue weighted by Gasteiger charge is -2.20. The van der Waals surface area contributed by atoms with Crippen molar-refractivity contribution in [1.82, 2.24) is 4.98 Å². The van der Waals surface area contributed by atoms with Crippen molar-refractivity contribution in [1.29, 1.82) is 0 Å². The van der Waals surface area contributed by atoms with Crippen LogP contribution in [0.2, 0.25) is 0 Å². The van der Waals surface area contributed by atoms with Crippen LogP contribution in [0.25, 0.3) is 0 Å². The molecule has 1 heterocycles. The van der Waals surface area contributed by atoms with Crippen molar-refractivity contribution < 1.29 is 14.3 Å². The highest BCUT2D eigenvalue weighted by atomic mass is 32.1. The van der Waals surface area contributed by atoms with Crippen LogP contribution in [-0.2, 0) is 4.74 Å².